The van der Waals surface area contributed by atoms with E-state index in [1.807, 2.05) is 30.9 Å². The van der Waals surface area contributed by atoms with Crippen LogP contribution in [0.15, 0.2) is 24.3 Å². The van der Waals surface area contributed by atoms with Crippen LogP contribution in [0.3, 0.4) is 0 Å². The molecule has 25 heavy (non-hydrogen) atoms. The standard InChI is InChI=1S/C19H22N2O3S/c1-12-17(25-13(2)20-12)10-18(22)21-9-3-4-16(11-21)14-5-7-15(8-6-14)19(23)24/h5-8,16H,3-4,9-11H2,1-2H3,(H,23,24)/t16-/m0/s1. The third-order valence-electron chi connectivity index (χ3n) is 4.71. The van der Waals surface area contributed by atoms with Gasteiger partial charge in [0, 0.05) is 23.9 Å². The summed E-state index contributed by atoms with van der Waals surface area (Å²) >= 11 is 1.59. The van der Waals surface area contributed by atoms with Crippen LogP contribution in [0.4, 0.5) is 0 Å². The maximum absolute atomic E-state index is 12.7. The highest BCUT2D eigenvalue weighted by Crippen LogP contribution is 2.28. The molecule has 6 heteroatoms. The maximum atomic E-state index is 12.7. The Morgan fingerprint density at radius 2 is 2.00 bits per heavy atom. The zero-order valence-corrected chi connectivity index (χ0v) is 15.3. The van der Waals surface area contributed by atoms with Crippen molar-refractivity contribution in [1.29, 1.82) is 0 Å². The highest BCUT2D eigenvalue weighted by Gasteiger charge is 2.25. The van der Waals surface area contributed by atoms with Gasteiger partial charge >= 0.3 is 5.97 Å². The van der Waals surface area contributed by atoms with Crippen LogP contribution >= 0.6 is 11.3 Å². The molecule has 0 saturated carbocycles. The molecule has 2 heterocycles. The highest BCUT2D eigenvalue weighted by molar-refractivity contribution is 7.11. The van der Waals surface area contributed by atoms with Gasteiger partial charge in [0.2, 0.25) is 5.91 Å². The van der Waals surface area contributed by atoms with Gasteiger partial charge in [-0.2, -0.15) is 0 Å². The van der Waals surface area contributed by atoms with Crippen molar-refractivity contribution in [2.75, 3.05) is 13.1 Å². The Balaban J connectivity index is 1.67. The molecule has 1 aliphatic rings. The van der Waals surface area contributed by atoms with Crippen molar-refractivity contribution < 1.29 is 14.7 Å². The molecule has 1 fully saturated rings. The average molecular weight is 358 g/mol. The maximum Gasteiger partial charge on any atom is 0.335 e. The Labute approximate surface area is 151 Å². The lowest BCUT2D eigenvalue weighted by molar-refractivity contribution is -0.131. The molecule has 3 rings (SSSR count). The number of piperidine rings is 1. The van der Waals surface area contributed by atoms with E-state index in [9.17, 15) is 9.59 Å². The molecule has 1 N–H and O–H groups in total. The SMILES string of the molecule is Cc1nc(C)c(CC(=O)N2CCC[C@H](c3ccc(C(=O)O)cc3)C2)s1. The Morgan fingerprint density at radius 1 is 1.28 bits per heavy atom. The highest BCUT2D eigenvalue weighted by atomic mass is 32.1. The predicted molar refractivity (Wildman–Crippen MR) is 97.2 cm³/mol. The molecular formula is C19H22N2O3S. The number of nitrogens with zero attached hydrogens (tertiary/aromatic N) is 2. The van der Waals surface area contributed by atoms with Gasteiger partial charge < -0.3 is 10.0 Å². The average Bonchev–Trinajstić information content (AvgIpc) is 2.92. The third kappa shape index (κ3) is 4.07. The van der Waals surface area contributed by atoms with E-state index in [0.29, 0.717) is 18.5 Å². The summed E-state index contributed by atoms with van der Waals surface area (Å²) in [6, 6.07) is 7.03. The Kier molecular flexibility index (Phi) is 5.18. The Bertz CT molecular complexity index is 782. The van der Waals surface area contributed by atoms with Gasteiger partial charge in [0.1, 0.15) is 0 Å². The molecule has 0 bridgehead atoms. The summed E-state index contributed by atoms with van der Waals surface area (Å²) in [4.78, 5) is 31.0. The van der Waals surface area contributed by atoms with Crippen LogP contribution in [-0.4, -0.2) is 40.0 Å². The minimum atomic E-state index is -0.915. The fourth-order valence-electron chi connectivity index (χ4n) is 3.36. The summed E-state index contributed by atoms with van der Waals surface area (Å²) in [5.41, 5.74) is 2.35. The van der Waals surface area contributed by atoms with E-state index in [1.165, 1.54) is 0 Å². The molecule has 1 aliphatic heterocycles. The van der Waals surface area contributed by atoms with Crippen molar-refractivity contribution in [3.05, 3.63) is 51.0 Å². The zero-order chi connectivity index (χ0) is 18.0. The van der Waals surface area contributed by atoms with Crippen molar-refractivity contribution in [3.63, 3.8) is 0 Å². The van der Waals surface area contributed by atoms with Gasteiger partial charge in [-0.3, -0.25) is 4.79 Å². The predicted octanol–water partition coefficient (Wildman–Crippen LogP) is 3.41. The van der Waals surface area contributed by atoms with Crippen molar-refractivity contribution in [1.82, 2.24) is 9.88 Å². The topological polar surface area (TPSA) is 70.5 Å². The summed E-state index contributed by atoms with van der Waals surface area (Å²) in [5.74, 6) is -0.495. The molecule has 0 radical (unpaired) electrons. The van der Waals surface area contributed by atoms with Crippen molar-refractivity contribution >= 4 is 23.2 Å². The molecule has 1 saturated heterocycles. The van der Waals surface area contributed by atoms with Gasteiger partial charge in [0.15, 0.2) is 0 Å². The van der Waals surface area contributed by atoms with Gasteiger partial charge in [-0.05, 0) is 44.4 Å². The number of aromatic nitrogens is 1. The van der Waals surface area contributed by atoms with E-state index in [4.69, 9.17) is 5.11 Å². The number of benzene rings is 1. The number of carbonyl (C=O) groups is 2. The lowest BCUT2D eigenvalue weighted by Crippen LogP contribution is -2.39. The first-order valence-electron chi connectivity index (χ1n) is 8.48. The first kappa shape index (κ1) is 17.6. The van der Waals surface area contributed by atoms with E-state index in [1.54, 1.807) is 23.5 Å². The van der Waals surface area contributed by atoms with Crippen LogP contribution in [0, 0.1) is 13.8 Å². The fraction of sp³-hybridized carbons (Fsp3) is 0.421. The number of amides is 1. The van der Waals surface area contributed by atoms with E-state index in [0.717, 1.165) is 40.5 Å². The number of likely N-dealkylation sites (tertiary alicyclic amines) is 1. The minimum absolute atomic E-state index is 0.151. The molecule has 5 nitrogen and oxygen atoms in total. The van der Waals surface area contributed by atoms with Crippen molar-refractivity contribution in [2.24, 2.45) is 0 Å². The molecule has 0 aliphatic carbocycles. The summed E-state index contributed by atoms with van der Waals surface area (Å²) in [7, 11) is 0. The molecule has 2 aromatic rings. The number of hydrogen-bond donors (Lipinski definition) is 1. The van der Waals surface area contributed by atoms with E-state index in [2.05, 4.69) is 4.98 Å². The number of aryl methyl sites for hydroxylation is 2. The Hall–Kier alpha value is -2.21. The van der Waals surface area contributed by atoms with Crippen molar-refractivity contribution in [2.45, 2.75) is 39.0 Å². The molecule has 1 aromatic carbocycles. The summed E-state index contributed by atoms with van der Waals surface area (Å²) < 4.78 is 0. The number of carboxylic acid groups (broad SMARTS) is 1. The third-order valence-corrected chi connectivity index (χ3v) is 5.79. The largest absolute Gasteiger partial charge is 0.478 e. The van der Waals surface area contributed by atoms with Crippen LogP contribution in [0.1, 0.15) is 50.3 Å². The Morgan fingerprint density at radius 3 is 2.60 bits per heavy atom. The fourth-order valence-corrected chi connectivity index (χ4v) is 4.29. The second-order valence-corrected chi connectivity index (χ2v) is 7.81. The summed E-state index contributed by atoms with van der Waals surface area (Å²) in [5, 5.41) is 10.0. The molecule has 1 aromatic heterocycles. The quantitative estimate of drug-likeness (QED) is 0.909. The minimum Gasteiger partial charge on any atom is -0.478 e. The first-order chi connectivity index (χ1) is 11.9. The van der Waals surface area contributed by atoms with Gasteiger partial charge in [-0.1, -0.05) is 12.1 Å². The lowest BCUT2D eigenvalue weighted by atomic mass is 9.90. The van der Waals surface area contributed by atoms with E-state index >= 15 is 0 Å². The van der Waals surface area contributed by atoms with E-state index in [-0.39, 0.29) is 11.8 Å². The van der Waals surface area contributed by atoms with E-state index < -0.39 is 5.97 Å². The van der Waals surface area contributed by atoms with Gasteiger partial charge in [0.05, 0.1) is 22.7 Å². The second-order valence-electron chi connectivity index (χ2n) is 6.52. The summed E-state index contributed by atoms with van der Waals surface area (Å²) in [6.07, 6.45) is 2.41. The lowest BCUT2D eigenvalue weighted by Gasteiger charge is -2.33. The molecule has 0 unspecified atom stereocenters. The van der Waals surface area contributed by atoms with Gasteiger partial charge in [0.25, 0.3) is 0 Å². The zero-order valence-electron chi connectivity index (χ0n) is 14.5. The number of rotatable bonds is 4. The van der Waals surface area contributed by atoms with Crippen molar-refractivity contribution in [3.8, 4) is 0 Å². The van der Waals surface area contributed by atoms with Crippen LogP contribution < -0.4 is 0 Å². The van der Waals surface area contributed by atoms with Crippen LogP contribution in [-0.2, 0) is 11.2 Å². The number of carbonyl (C=O) groups excluding carboxylic acids is 1. The van der Waals surface area contributed by atoms with Crippen LogP contribution in [0.25, 0.3) is 0 Å². The number of hydrogen-bond acceptors (Lipinski definition) is 4. The summed E-state index contributed by atoms with van der Waals surface area (Å²) in [6.45, 7) is 5.40. The smallest absolute Gasteiger partial charge is 0.335 e. The normalized spacial score (nSPS) is 17.5. The molecular weight excluding hydrogens is 336 g/mol. The van der Waals surface area contributed by atoms with Crippen LogP contribution in [0.5, 0.6) is 0 Å². The molecule has 1 amide bonds. The van der Waals surface area contributed by atoms with Gasteiger partial charge in [-0.15, -0.1) is 11.3 Å². The molecule has 1 atom stereocenters. The van der Waals surface area contributed by atoms with Crippen LogP contribution in [0.2, 0.25) is 0 Å². The molecule has 132 valence electrons. The monoisotopic (exact) mass is 358 g/mol. The number of carboxylic acids is 1. The first-order valence-corrected chi connectivity index (χ1v) is 9.29. The number of aromatic carboxylic acids is 1. The van der Waals surface area contributed by atoms with Gasteiger partial charge in [-0.25, -0.2) is 9.78 Å². The second kappa shape index (κ2) is 7.35. The molecule has 0 spiro atoms. The number of thiazole rings is 1.